The summed E-state index contributed by atoms with van der Waals surface area (Å²) in [5.74, 6) is -0.261. The zero-order valence-corrected chi connectivity index (χ0v) is 12.2. The normalized spacial score (nSPS) is 18.5. The van der Waals surface area contributed by atoms with Gasteiger partial charge in [0.1, 0.15) is 5.75 Å². The minimum absolute atomic E-state index is 0.249. The smallest absolute Gasteiger partial charge is 0.335 e. The lowest BCUT2D eigenvalue weighted by molar-refractivity contribution is 0.0696. The molecule has 1 aromatic carbocycles. The van der Waals surface area contributed by atoms with E-state index >= 15 is 0 Å². The quantitative estimate of drug-likeness (QED) is 0.812. The van der Waals surface area contributed by atoms with Gasteiger partial charge in [0.2, 0.25) is 0 Å². The van der Waals surface area contributed by atoms with Crippen LogP contribution >= 0.6 is 15.9 Å². The number of rotatable bonds is 6. The lowest BCUT2D eigenvalue weighted by Crippen LogP contribution is -2.08. The van der Waals surface area contributed by atoms with Gasteiger partial charge in [-0.2, -0.15) is 0 Å². The van der Waals surface area contributed by atoms with Gasteiger partial charge in [-0.05, 0) is 59.8 Å². The zero-order chi connectivity index (χ0) is 13.7. The first-order chi connectivity index (χ1) is 9.16. The number of hydrogen-bond acceptors (Lipinski definition) is 3. The molecular weight excluding hydrogens is 312 g/mol. The molecule has 1 heterocycles. The average molecular weight is 329 g/mol. The van der Waals surface area contributed by atoms with Crippen molar-refractivity contribution in [3.63, 3.8) is 0 Å². The molecule has 1 fully saturated rings. The van der Waals surface area contributed by atoms with Crippen molar-refractivity contribution in [1.29, 1.82) is 0 Å². The van der Waals surface area contributed by atoms with Gasteiger partial charge in [-0.3, -0.25) is 0 Å². The Kier molecular flexibility index (Phi) is 5.22. The fourth-order valence-corrected chi connectivity index (χ4v) is 2.61. The number of hydrogen-bond donors (Lipinski definition) is 1. The topological polar surface area (TPSA) is 55.8 Å². The van der Waals surface area contributed by atoms with Crippen molar-refractivity contribution in [2.45, 2.75) is 31.8 Å². The second kappa shape index (κ2) is 6.91. The SMILES string of the molecule is O=C(O)c1ccc(OCCCC2CCCO2)c(Br)c1. The molecule has 0 aromatic heterocycles. The van der Waals surface area contributed by atoms with Gasteiger partial charge in [-0.15, -0.1) is 0 Å². The van der Waals surface area contributed by atoms with E-state index in [2.05, 4.69) is 15.9 Å². The Hall–Kier alpha value is -1.07. The van der Waals surface area contributed by atoms with Crippen molar-refractivity contribution in [2.24, 2.45) is 0 Å². The minimum atomic E-state index is -0.939. The Morgan fingerprint density at radius 3 is 3.00 bits per heavy atom. The minimum Gasteiger partial charge on any atom is -0.492 e. The summed E-state index contributed by atoms with van der Waals surface area (Å²) in [5.41, 5.74) is 0.249. The summed E-state index contributed by atoms with van der Waals surface area (Å²) in [6.07, 6.45) is 4.66. The van der Waals surface area contributed by atoms with E-state index in [1.54, 1.807) is 18.2 Å². The van der Waals surface area contributed by atoms with Gasteiger partial charge in [0.05, 0.1) is 22.7 Å². The lowest BCUT2D eigenvalue weighted by atomic mass is 10.1. The van der Waals surface area contributed by atoms with Crippen LogP contribution in [-0.2, 0) is 4.74 Å². The number of carbonyl (C=O) groups is 1. The molecule has 2 rings (SSSR count). The summed E-state index contributed by atoms with van der Waals surface area (Å²) in [4.78, 5) is 10.8. The van der Waals surface area contributed by atoms with Crippen molar-refractivity contribution in [2.75, 3.05) is 13.2 Å². The zero-order valence-electron chi connectivity index (χ0n) is 10.6. The van der Waals surface area contributed by atoms with E-state index in [4.69, 9.17) is 14.6 Å². The first kappa shape index (κ1) is 14.3. The van der Waals surface area contributed by atoms with Crippen LogP contribution in [0.3, 0.4) is 0 Å². The van der Waals surface area contributed by atoms with Crippen LogP contribution in [0.25, 0.3) is 0 Å². The maximum absolute atomic E-state index is 10.8. The van der Waals surface area contributed by atoms with Gasteiger partial charge in [0.15, 0.2) is 0 Å². The highest BCUT2D eigenvalue weighted by molar-refractivity contribution is 9.10. The molecule has 5 heteroatoms. The number of carboxylic acids is 1. The lowest BCUT2D eigenvalue weighted by Gasteiger charge is -2.11. The third-order valence-electron chi connectivity index (χ3n) is 3.13. The van der Waals surface area contributed by atoms with E-state index in [1.807, 2.05) is 0 Å². The van der Waals surface area contributed by atoms with Crippen molar-refractivity contribution >= 4 is 21.9 Å². The Bertz CT molecular complexity index is 441. The van der Waals surface area contributed by atoms with E-state index in [9.17, 15) is 4.79 Å². The van der Waals surface area contributed by atoms with E-state index in [1.165, 1.54) is 0 Å². The molecule has 1 atom stereocenters. The van der Waals surface area contributed by atoms with Crippen LogP contribution in [0.15, 0.2) is 22.7 Å². The highest BCUT2D eigenvalue weighted by Crippen LogP contribution is 2.26. The predicted octanol–water partition coefficient (Wildman–Crippen LogP) is 3.49. The fourth-order valence-electron chi connectivity index (χ4n) is 2.12. The average Bonchev–Trinajstić information content (AvgIpc) is 2.89. The van der Waals surface area contributed by atoms with Crippen LogP contribution in [0.5, 0.6) is 5.75 Å². The molecule has 104 valence electrons. The molecule has 0 radical (unpaired) electrons. The molecule has 0 aliphatic carbocycles. The van der Waals surface area contributed by atoms with Crippen LogP contribution in [0.1, 0.15) is 36.0 Å². The van der Waals surface area contributed by atoms with Crippen molar-refractivity contribution in [1.82, 2.24) is 0 Å². The molecule has 19 heavy (non-hydrogen) atoms. The number of carboxylic acid groups (broad SMARTS) is 1. The van der Waals surface area contributed by atoms with Crippen LogP contribution in [0, 0.1) is 0 Å². The third kappa shape index (κ3) is 4.21. The van der Waals surface area contributed by atoms with Crippen LogP contribution < -0.4 is 4.74 Å². The number of benzene rings is 1. The van der Waals surface area contributed by atoms with Crippen LogP contribution in [0.4, 0.5) is 0 Å². The standard InChI is InChI=1S/C14H17BrO4/c15-12-9-10(14(16)17)5-6-13(12)19-8-2-4-11-3-1-7-18-11/h5-6,9,11H,1-4,7-8H2,(H,16,17). The van der Waals surface area contributed by atoms with E-state index in [0.717, 1.165) is 32.3 Å². The van der Waals surface area contributed by atoms with E-state index < -0.39 is 5.97 Å². The van der Waals surface area contributed by atoms with Crippen molar-refractivity contribution in [3.8, 4) is 5.75 Å². The Labute approximate surface area is 120 Å². The Balaban J connectivity index is 1.77. The third-order valence-corrected chi connectivity index (χ3v) is 3.75. The second-order valence-electron chi connectivity index (χ2n) is 4.58. The van der Waals surface area contributed by atoms with Crippen molar-refractivity contribution in [3.05, 3.63) is 28.2 Å². The monoisotopic (exact) mass is 328 g/mol. The maximum Gasteiger partial charge on any atom is 0.335 e. The van der Waals surface area contributed by atoms with E-state index in [0.29, 0.717) is 22.9 Å². The fraction of sp³-hybridized carbons (Fsp3) is 0.500. The molecule has 1 aliphatic heterocycles. The molecule has 0 amide bonds. The maximum atomic E-state index is 10.8. The number of ether oxygens (including phenoxy) is 2. The van der Waals surface area contributed by atoms with Gasteiger partial charge in [0, 0.05) is 6.61 Å². The highest BCUT2D eigenvalue weighted by Gasteiger charge is 2.14. The van der Waals surface area contributed by atoms with Crippen LogP contribution in [-0.4, -0.2) is 30.4 Å². The molecule has 4 nitrogen and oxygen atoms in total. The summed E-state index contributed by atoms with van der Waals surface area (Å²) in [6.45, 7) is 1.50. The highest BCUT2D eigenvalue weighted by atomic mass is 79.9. The van der Waals surface area contributed by atoms with Crippen LogP contribution in [0.2, 0.25) is 0 Å². The molecule has 1 aliphatic rings. The summed E-state index contributed by atoms with van der Waals surface area (Å²) < 4.78 is 11.8. The molecule has 1 N–H and O–H groups in total. The summed E-state index contributed by atoms with van der Waals surface area (Å²) in [7, 11) is 0. The van der Waals surface area contributed by atoms with Gasteiger partial charge in [-0.25, -0.2) is 4.79 Å². The summed E-state index contributed by atoms with van der Waals surface area (Å²) >= 11 is 3.32. The molecule has 0 spiro atoms. The van der Waals surface area contributed by atoms with Crippen molar-refractivity contribution < 1.29 is 19.4 Å². The second-order valence-corrected chi connectivity index (χ2v) is 5.43. The first-order valence-electron chi connectivity index (χ1n) is 6.44. The molecular formula is C14H17BrO4. The summed E-state index contributed by atoms with van der Waals surface area (Å²) in [6, 6.07) is 4.78. The van der Waals surface area contributed by atoms with Gasteiger partial charge >= 0.3 is 5.97 Å². The summed E-state index contributed by atoms with van der Waals surface area (Å²) in [5, 5.41) is 8.86. The largest absolute Gasteiger partial charge is 0.492 e. The molecule has 1 unspecified atom stereocenters. The van der Waals surface area contributed by atoms with Gasteiger partial charge in [-0.1, -0.05) is 0 Å². The number of aromatic carboxylic acids is 1. The van der Waals surface area contributed by atoms with E-state index in [-0.39, 0.29) is 5.56 Å². The number of halogens is 1. The Morgan fingerprint density at radius 1 is 1.53 bits per heavy atom. The van der Waals surface area contributed by atoms with Gasteiger partial charge < -0.3 is 14.6 Å². The molecule has 1 aromatic rings. The molecule has 1 saturated heterocycles. The predicted molar refractivity (Wildman–Crippen MR) is 74.8 cm³/mol. The first-order valence-corrected chi connectivity index (χ1v) is 7.23. The molecule has 0 saturated carbocycles. The Morgan fingerprint density at radius 2 is 2.37 bits per heavy atom. The van der Waals surface area contributed by atoms with Gasteiger partial charge in [0.25, 0.3) is 0 Å². The molecule has 0 bridgehead atoms.